The Morgan fingerprint density at radius 3 is 2.16 bits per heavy atom. The van der Waals surface area contributed by atoms with Crippen LogP contribution in [0.25, 0.3) is 0 Å². The lowest BCUT2D eigenvalue weighted by molar-refractivity contribution is 0.394. The monoisotopic (exact) mass is 342 g/mol. The Morgan fingerprint density at radius 1 is 0.960 bits per heavy atom. The Balaban J connectivity index is 1.63. The molecule has 1 fully saturated rings. The molecule has 0 atom stereocenters. The Labute approximate surface area is 149 Å². The number of hydrogen-bond donors (Lipinski definition) is 1. The molecule has 1 aromatic carbocycles. The van der Waals surface area contributed by atoms with Crippen LogP contribution in [-0.2, 0) is 0 Å². The highest BCUT2D eigenvalue weighted by Crippen LogP contribution is 2.28. The Hall–Kier alpha value is -2.50. The third-order valence-electron chi connectivity index (χ3n) is 4.49. The van der Waals surface area contributed by atoms with Crippen LogP contribution in [0, 0.1) is 13.8 Å². The normalized spacial score (nSPS) is 15.1. The summed E-state index contributed by atoms with van der Waals surface area (Å²) >= 11 is 0. The topological polar surface area (TPSA) is 59.5 Å². The smallest absolute Gasteiger partial charge is 0.132 e. The Morgan fingerprint density at radius 2 is 1.60 bits per heavy atom. The van der Waals surface area contributed by atoms with Crippen LogP contribution in [0.1, 0.15) is 24.4 Å². The van der Waals surface area contributed by atoms with Gasteiger partial charge >= 0.3 is 0 Å². The van der Waals surface area contributed by atoms with Gasteiger partial charge in [0, 0.05) is 54.8 Å². The highest BCUT2D eigenvalue weighted by Gasteiger charge is 2.21. The van der Waals surface area contributed by atoms with Crippen LogP contribution in [0.5, 0.6) is 11.5 Å². The SMILES string of the molecule is COc1cc(NC2CCN(c3cc(C)nc(C)n3)CC2)cc(OC)c1. The molecule has 0 radical (unpaired) electrons. The van der Waals surface area contributed by atoms with Gasteiger partial charge in [-0.1, -0.05) is 0 Å². The molecular formula is C19H26N4O2. The van der Waals surface area contributed by atoms with E-state index in [-0.39, 0.29) is 0 Å². The average Bonchev–Trinajstić information content (AvgIpc) is 2.61. The molecule has 0 unspecified atom stereocenters. The van der Waals surface area contributed by atoms with Gasteiger partial charge in [0.1, 0.15) is 23.1 Å². The van der Waals surface area contributed by atoms with E-state index in [0.29, 0.717) is 6.04 Å². The number of benzene rings is 1. The maximum absolute atomic E-state index is 5.34. The van der Waals surface area contributed by atoms with E-state index in [2.05, 4.69) is 26.3 Å². The molecule has 1 aromatic heterocycles. The number of nitrogens with zero attached hydrogens (tertiary/aromatic N) is 3. The van der Waals surface area contributed by atoms with E-state index in [0.717, 1.165) is 60.5 Å². The highest BCUT2D eigenvalue weighted by atomic mass is 16.5. The molecule has 1 aliphatic heterocycles. The van der Waals surface area contributed by atoms with Crippen LogP contribution in [0.2, 0.25) is 0 Å². The van der Waals surface area contributed by atoms with E-state index < -0.39 is 0 Å². The molecule has 3 rings (SSSR count). The summed E-state index contributed by atoms with van der Waals surface area (Å²) in [5.41, 5.74) is 2.05. The van der Waals surface area contributed by atoms with Crippen LogP contribution in [0.4, 0.5) is 11.5 Å². The fraction of sp³-hybridized carbons (Fsp3) is 0.474. The van der Waals surface area contributed by atoms with E-state index in [9.17, 15) is 0 Å². The molecule has 0 spiro atoms. The standard InChI is InChI=1S/C19H26N4O2/c1-13-9-19(21-14(2)20-13)23-7-5-15(6-8-23)22-16-10-17(24-3)12-18(11-16)25-4/h9-12,15,22H,5-8H2,1-4H3. The fourth-order valence-corrected chi connectivity index (χ4v) is 3.24. The number of piperidine rings is 1. The predicted molar refractivity (Wildman–Crippen MR) is 99.9 cm³/mol. The third-order valence-corrected chi connectivity index (χ3v) is 4.49. The summed E-state index contributed by atoms with van der Waals surface area (Å²) in [7, 11) is 3.34. The second-order valence-corrected chi connectivity index (χ2v) is 6.42. The van der Waals surface area contributed by atoms with Crippen molar-refractivity contribution in [2.75, 3.05) is 37.5 Å². The predicted octanol–water partition coefficient (Wildman–Crippen LogP) is 3.19. The first kappa shape index (κ1) is 17.3. The van der Waals surface area contributed by atoms with Gasteiger partial charge in [-0.15, -0.1) is 0 Å². The number of hydrogen-bond acceptors (Lipinski definition) is 6. The first-order valence-corrected chi connectivity index (χ1v) is 8.64. The molecule has 1 aliphatic rings. The second-order valence-electron chi connectivity index (χ2n) is 6.42. The maximum atomic E-state index is 5.34. The zero-order valence-corrected chi connectivity index (χ0v) is 15.4. The summed E-state index contributed by atoms with van der Waals surface area (Å²) in [6.07, 6.45) is 2.11. The fourth-order valence-electron chi connectivity index (χ4n) is 3.24. The van der Waals surface area contributed by atoms with Crippen molar-refractivity contribution in [3.05, 3.63) is 35.8 Å². The van der Waals surface area contributed by atoms with Gasteiger partial charge in [-0.05, 0) is 26.7 Å². The molecule has 2 heterocycles. The van der Waals surface area contributed by atoms with Crippen LogP contribution in [0.3, 0.4) is 0 Å². The van der Waals surface area contributed by atoms with Crippen molar-refractivity contribution in [1.29, 1.82) is 0 Å². The summed E-state index contributed by atoms with van der Waals surface area (Å²) in [5, 5.41) is 3.61. The van der Waals surface area contributed by atoms with E-state index >= 15 is 0 Å². The number of nitrogens with one attached hydrogen (secondary N) is 1. The number of rotatable bonds is 5. The average molecular weight is 342 g/mol. The molecule has 0 amide bonds. The van der Waals surface area contributed by atoms with Crippen LogP contribution in [-0.4, -0.2) is 43.3 Å². The minimum Gasteiger partial charge on any atom is -0.497 e. The molecule has 1 saturated heterocycles. The number of methoxy groups -OCH3 is 2. The summed E-state index contributed by atoms with van der Waals surface area (Å²) in [6, 6.07) is 8.39. The minimum atomic E-state index is 0.428. The van der Waals surface area contributed by atoms with Crippen LogP contribution in [0.15, 0.2) is 24.3 Å². The summed E-state index contributed by atoms with van der Waals surface area (Å²) < 4.78 is 10.7. The van der Waals surface area contributed by atoms with Gasteiger partial charge in [0.2, 0.25) is 0 Å². The molecule has 1 N–H and O–H groups in total. The molecule has 2 aromatic rings. The maximum Gasteiger partial charge on any atom is 0.132 e. The lowest BCUT2D eigenvalue weighted by atomic mass is 10.0. The molecule has 0 aliphatic carbocycles. The van der Waals surface area contributed by atoms with Crippen LogP contribution >= 0.6 is 0 Å². The van der Waals surface area contributed by atoms with Gasteiger partial charge in [-0.25, -0.2) is 9.97 Å². The Bertz CT molecular complexity index is 685. The van der Waals surface area contributed by atoms with Crippen molar-refractivity contribution in [3.8, 4) is 11.5 Å². The lowest BCUT2D eigenvalue weighted by Crippen LogP contribution is -2.39. The number of aromatic nitrogens is 2. The van der Waals surface area contributed by atoms with E-state index in [1.807, 2.05) is 32.0 Å². The number of anilines is 2. The first-order valence-electron chi connectivity index (χ1n) is 8.64. The first-order chi connectivity index (χ1) is 12.1. The minimum absolute atomic E-state index is 0.428. The van der Waals surface area contributed by atoms with E-state index in [1.165, 1.54) is 0 Å². The summed E-state index contributed by atoms with van der Waals surface area (Å²) in [6.45, 7) is 5.92. The van der Waals surface area contributed by atoms with Gasteiger partial charge < -0.3 is 19.7 Å². The van der Waals surface area contributed by atoms with Crippen molar-refractivity contribution in [2.45, 2.75) is 32.7 Å². The highest BCUT2D eigenvalue weighted by molar-refractivity contribution is 5.54. The van der Waals surface area contributed by atoms with E-state index in [1.54, 1.807) is 14.2 Å². The van der Waals surface area contributed by atoms with Gasteiger partial charge in [-0.3, -0.25) is 0 Å². The summed E-state index contributed by atoms with van der Waals surface area (Å²) in [4.78, 5) is 11.3. The largest absolute Gasteiger partial charge is 0.497 e. The molecule has 134 valence electrons. The molecule has 6 nitrogen and oxygen atoms in total. The molecule has 0 saturated carbocycles. The van der Waals surface area contributed by atoms with Crippen molar-refractivity contribution >= 4 is 11.5 Å². The molecule has 6 heteroatoms. The van der Waals surface area contributed by atoms with Crippen molar-refractivity contribution in [3.63, 3.8) is 0 Å². The number of ether oxygens (including phenoxy) is 2. The van der Waals surface area contributed by atoms with E-state index in [4.69, 9.17) is 9.47 Å². The van der Waals surface area contributed by atoms with Crippen molar-refractivity contribution < 1.29 is 9.47 Å². The van der Waals surface area contributed by atoms with Crippen molar-refractivity contribution in [1.82, 2.24) is 9.97 Å². The quantitative estimate of drug-likeness (QED) is 0.900. The van der Waals surface area contributed by atoms with Gasteiger partial charge in [0.25, 0.3) is 0 Å². The van der Waals surface area contributed by atoms with Crippen LogP contribution < -0.4 is 19.7 Å². The van der Waals surface area contributed by atoms with Crippen molar-refractivity contribution in [2.24, 2.45) is 0 Å². The Kier molecular flexibility index (Phi) is 5.26. The zero-order chi connectivity index (χ0) is 17.8. The van der Waals surface area contributed by atoms with Gasteiger partial charge in [0.15, 0.2) is 0 Å². The lowest BCUT2D eigenvalue weighted by Gasteiger charge is -2.34. The second kappa shape index (κ2) is 7.59. The number of aryl methyl sites for hydroxylation is 2. The van der Waals surface area contributed by atoms with Gasteiger partial charge in [-0.2, -0.15) is 0 Å². The molecule has 0 bridgehead atoms. The zero-order valence-electron chi connectivity index (χ0n) is 15.4. The summed E-state index contributed by atoms with van der Waals surface area (Å²) in [5.74, 6) is 3.46. The van der Waals surface area contributed by atoms with Gasteiger partial charge in [0.05, 0.1) is 14.2 Å². The molecular weight excluding hydrogens is 316 g/mol. The molecule has 25 heavy (non-hydrogen) atoms. The third kappa shape index (κ3) is 4.32.